The van der Waals surface area contributed by atoms with Gasteiger partial charge in [0.25, 0.3) is 0 Å². The molecule has 0 saturated carbocycles. The molecule has 1 N–H and O–H groups in total. The fraction of sp³-hybridized carbons (Fsp3) is 0.727. The smallest absolute Gasteiger partial charge is 0.0697 e. The van der Waals surface area contributed by atoms with Crippen molar-refractivity contribution in [2.75, 3.05) is 13.1 Å². The van der Waals surface area contributed by atoms with E-state index >= 15 is 0 Å². The third-order valence-electron chi connectivity index (χ3n) is 6.30. The quantitative estimate of drug-likeness (QED) is 0.759. The van der Waals surface area contributed by atoms with Gasteiger partial charge in [0.2, 0.25) is 0 Å². The number of nitrogens with zero attached hydrogens (tertiary/aromatic N) is 1. The van der Waals surface area contributed by atoms with Crippen molar-refractivity contribution in [1.29, 1.82) is 0 Å². The highest BCUT2D eigenvalue weighted by Crippen LogP contribution is 2.35. The van der Waals surface area contributed by atoms with E-state index in [-0.39, 0.29) is 0 Å². The van der Waals surface area contributed by atoms with Crippen molar-refractivity contribution in [3.8, 4) is 0 Å². The first-order chi connectivity index (χ1) is 11.4. The lowest BCUT2D eigenvalue weighted by Gasteiger charge is -2.43. The minimum atomic E-state index is -0.461. The van der Waals surface area contributed by atoms with Gasteiger partial charge in [0, 0.05) is 19.1 Å². The third kappa shape index (κ3) is 4.83. The Morgan fingerprint density at radius 1 is 1.00 bits per heavy atom. The molecule has 1 aromatic rings. The van der Waals surface area contributed by atoms with Crippen LogP contribution in [0, 0.1) is 5.92 Å². The molecular weight excluding hydrogens is 294 g/mol. The highest BCUT2D eigenvalue weighted by molar-refractivity contribution is 5.24. The molecule has 0 bridgehead atoms. The highest BCUT2D eigenvalue weighted by atomic mass is 16.3. The summed E-state index contributed by atoms with van der Waals surface area (Å²) in [6.07, 6.45) is 5.21. The van der Waals surface area contributed by atoms with Gasteiger partial charge < -0.3 is 10.0 Å². The molecule has 1 aromatic carbocycles. The first-order valence-electron chi connectivity index (χ1n) is 9.91. The number of aryl methyl sites for hydroxylation is 1. The molecule has 1 aliphatic rings. The number of piperidine rings is 1. The molecule has 1 aliphatic heterocycles. The van der Waals surface area contributed by atoms with E-state index in [0.29, 0.717) is 17.9 Å². The zero-order valence-electron chi connectivity index (χ0n) is 16.4. The van der Waals surface area contributed by atoms with Crippen LogP contribution in [0.5, 0.6) is 0 Å². The molecule has 2 heteroatoms. The number of hydrogen-bond donors (Lipinski definition) is 1. The van der Waals surface area contributed by atoms with Crippen LogP contribution in [0.2, 0.25) is 0 Å². The number of benzene rings is 1. The first kappa shape index (κ1) is 19.5. The number of aliphatic hydroxyl groups is 1. The van der Waals surface area contributed by atoms with Crippen LogP contribution in [0.4, 0.5) is 0 Å². The molecule has 24 heavy (non-hydrogen) atoms. The Morgan fingerprint density at radius 3 is 2.08 bits per heavy atom. The average molecular weight is 332 g/mol. The molecule has 0 radical (unpaired) electrons. The van der Waals surface area contributed by atoms with Crippen LogP contribution >= 0.6 is 0 Å². The van der Waals surface area contributed by atoms with Gasteiger partial charge in [0.1, 0.15) is 0 Å². The van der Waals surface area contributed by atoms with Crippen molar-refractivity contribution in [2.24, 2.45) is 5.92 Å². The van der Waals surface area contributed by atoms with Gasteiger partial charge in [0.15, 0.2) is 0 Å². The second kappa shape index (κ2) is 8.49. The SMILES string of the molecule is CCc1ccc(C(C)CCC(C)C2(O)CCN(C(C)C)CC2)cc1. The van der Waals surface area contributed by atoms with Crippen molar-refractivity contribution in [2.45, 2.75) is 84.3 Å². The Hall–Kier alpha value is -0.860. The summed E-state index contributed by atoms with van der Waals surface area (Å²) in [6.45, 7) is 13.3. The second-order valence-corrected chi connectivity index (χ2v) is 8.21. The largest absolute Gasteiger partial charge is 0.390 e. The van der Waals surface area contributed by atoms with Gasteiger partial charge in [-0.05, 0) is 68.9 Å². The van der Waals surface area contributed by atoms with Crippen molar-refractivity contribution in [1.82, 2.24) is 4.90 Å². The molecular formula is C22H37NO. The maximum atomic E-state index is 11.1. The van der Waals surface area contributed by atoms with Crippen molar-refractivity contribution >= 4 is 0 Å². The van der Waals surface area contributed by atoms with E-state index in [1.807, 2.05) is 0 Å². The van der Waals surface area contributed by atoms with E-state index in [1.54, 1.807) is 0 Å². The van der Waals surface area contributed by atoms with E-state index in [0.717, 1.165) is 45.2 Å². The standard InChI is InChI=1S/C22H37NO/c1-6-20-9-11-21(12-10-20)18(4)7-8-19(5)22(24)13-15-23(16-14-22)17(2)3/h9-12,17-19,24H,6-8,13-16H2,1-5H3. The van der Waals surface area contributed by atoms with Crippen LogP contribution in [0.3, 0.4) is 0 Å². The molecule has 2 atom stereocenters. The number of hydrogen-bond acceptors (Lipinski definition) is 2. The van der Waals surface area contributed by atoms with E-state index in [4.69, 9.17) is 0 Å². The lowest BCUT2D eigenvalue weighted by Crippen LogP contribution is -2.49. The summed E-state index contributed by atoms with van der Waals surface area (Å²) >= 11 is 0. The van der Waals surface area contributed by atoms with Crippen LogP contribution in [-0.2, 0) is 6.42 Å². The average Bonchev–Trinajstić information content (AvgIpc) is 2.59. The van der Waals surface area contributed by atoms with Crippen LogP contribution in [0.25, 0.3) is 0 Å². The fourth-order valence-corrected chi connectivity index (χ4v) is 3.94. The third-order valence-corrected chi connectivity index (χ3v) is 6.30. The fourth-order valence-electron chi connectivity index (χ4n) is 3.94. The van der Waals surface area contributed by atoms with Gasteiger partial charge in [-0.1, -0.05) is 45.0 Å². The summed E-state index contributed by atoms with van der Waals surface area (Å²) in [5.74, 6) is 0.946. The van der Waals surface area contributed by atoms with Gasteiger partial charge in [-0.15, -0.1) is 0 Å². The normalized spacial score (nSPS) is 21.0. The molecule has 2 rings (SSSR count). The molecule has 0 amide bonds. The van der Waals surface area contributed by atoms with Gasteiger partial charge in [-0.25, -0.2) is 0 Å². The molecule has 2 nitrogen and oxygen atoms in total. The Labute approximate surface area is 149 Å². The monoisotopic (exact) mass is 331 g/mol. The summed E-state index contributed by atoms with van der Waals surface area (Å²) in [5.41, 5.74) is 2.38. The Balaban J connectivity index is 1.84. The van der Waals surface area contributed by atoms with Gasteiger partial charge in [0.05, 0.1) is 5.60 Å². The predicted molar refractivity (Wildman–Crippen MR) is 104 cm³/mol. The van der Waals surface area contributed by atoms with E-state index in [9.17, 15) is 5.11 Å². The molecule has 136 valence electrons. The summed E-state index contributed by atoms with van der Waals surface area (Å²) in [7, 11) is 0. The molecule has 1 fully saturated rings. The van der Waals surface area contributed by atoms with Crippen molar-refractivity contribution < 1.29 is 5.11 Å². The molecule has 0 spiro atoms. The van der Waals surface area contributed by atoms with Crippen molar-refractivity contribution in [3.63, 3.8) is 0 Å². The zero-order chi connectivity index (χ0) is 17.7. The maximum Gasteiger partial charge on any atom is 0.0697 e. The lowest BCUT2D eigenvalue weighted by molar-refractivity contribution is -0.0693. The second-order valence-electron chi connectivity index (χ2n) is 8.21. The number of rotatable bonds is 7. The van der Waals surface area contributed by atoms with Crippen LogP contribution < -0.4 is 0 Å². The molecule has 1 saturated heterocycles. The molecule has 0 aromatic heterocycles. The number of likely N-dealkylation sites (tertiary alicyclic amines) is 1. The van der Waals surface area contributed by atoms with Crippen LogP contribution in [0.1, 0.15) is 77.3 Å². The van der Waals surface area contributed by atoms with Crippen LogP contribution in [-0.4, -0.2) is 34.7 Å². The zero-order valence-corrected chi connectivity index (χ0v) is 16.4. The highest BCUT2D eigenvalue weighted by Gasteiger charge is 2.37. The van der Waals surface area contributed by atoms with Crippen molar-refractivity contribution in [3.05, 3.63) is 35.4 Å². The Bertz CT molecular complexity index is 485. The lowest BCUT2D eigenvalue weighted by atomic mass is 9.77. The van der Waals surface area contributed by atoms with E-state index < -0.39 is 5.60 Å². The Kier molecular flexibility index (Phi) is 6.88. The van der Waals surface area contributed by atoms with E-state index in [2.05, 4.69) is 63.8 Å². The van der Waals surface area contributed by atoms with E-state index in [1.165, 1.54) is 11.1 Å². The van der Waals surface area contributed by atoms with Gasteiger partial charge in [-0.3, -0.25) is 0 Å². The minimum absolute atomic E-state index is 0.379. The summed E-state index contributed by atoms with van der Waals surface area (Å²) in [5, 5.41) is 11.1. The molecule has 1 heterocycles. The Morgan fingerprint density at radius 2 is 1.58 bits per heavy atom. The molecule has 2 unspecified atom stereocenters. The predicted octanol–water partition coefficient (Wildman–Crippen LogP) is 5.00. The maximum absolute atomic E-state index is 11.1. The van der Waals surface area contributed by atoms with Gasteiger partial charge in [-0.2, -0.15) is 0 Å². The van der Waals surface area contributed by atoms with Gasteiger partial charge >= 0.3 is 0 Å². The van der Waals surface area contributed by atoms with Crippen LogP contribution in [0.15, 0.2) is 24.3 Å². The summed E-state index contributed by atoms with van der Waals surface area (Å²) in [4.78, 5) is 2.49. The topological polar surface area (TPSA) is 23.5 Å². The minimum Gasteiger partial charge on any atom is -0.390 e. The summed E-state index contributed by atoms with van der Waals surface area (Å²) < 4.78 is 0. The summed E-state index contributed by atoms with van der Waals surface area (Å²) in [6, 6.07) is 9.67. The molecule has 0 aliphatic carbocycles. The first-order valence-corrected chi connectivity index (χ1v) is 9.91.